The highest BCUT2D eigenvalue weighted by Gasteiger charge is 2.46. The number of hydrogen-bond donors (Lipinski definition) is 7. The van der Waals surface area contributed by atoms with Gasteiger partial charge >= 0.3 is 0 Å². The summed E-state index contributed by atoms with van der Waals surface area (Å²) in [4.78, 5) is 28.2. The van der Waals surface area contributed by atoms with E-state index in [2.05, 4.69) is 0 Å². The molecular weight excluding hydrogens is 580 g/mol. The Balaban J connectivity index is 1.55. The van der Waals surface area contributed by atoms with Crippen molar-refractivity contribution in [3.63, 3.8) is 0 Å². The van der Waals surface area contributed by atoms with E-state index in [4.69, 9.17) is 18.9 Å². The van der Waals surface area contributed by atoms with Gasteiger partial charge in [0.25, 0.3) is 0 Å². The molecule has 3 aromatic rings. The highest BCUT2D eigenvalue weighted by atomic mass is 16.7. The van der Waals surface area contributed by atoms with Gasteiger partial charge in [0.1, 0.15) is 53.9 Å². The minimum absolute atomic E-state index is 0.00788. The normalized spacial score (nSPS) is 33.6. The summed E-state index contributed by atoms with van der Waals surface area (Å²) < 4.78 is 23.2. The number of rotatable bonds is 4. The third-order valence-corrected chi connectivity index (χ3v) is 8.38. The number of benzene rings is 3. The van der Waals surface area contributed by atoms with Gasteiger partial charge in [-0.15, -0.1) is 0 Å². The van der Waals surface area contributed by atoms with E-state index < -0.39 is 78.7 Å². The lowest BCUT2D eigenvalue weighted by Crippen LogP contribution is -2.58. The van der Waals surface area contributed by atoms with Gasteiger partial charge in [-0.3, -0.25) is 9.59 Å². The van der Waals surface area contributed by atoms with Crippen molar-refractivity contribution in [3.05, 3.63) is 64.2 Å². The van der Waals surface area contributed by atoms with E-state index in [-0.39, 0.29) is 39.1 Å². The lowest BCUT2D eigenvalue weighted by Gasteiger charge is -2.39. The molecule has 1 aliphatic carbocycles. The van der Waals surface area contributed by atoms with E-state index in [0.29, 0.717) is 10.9 Å². The van der Waals surface area contributed by atoms with Crippen molar-refractivity contribution in [3.8, 4) is 17.2 Å². The fourth-order valence-corrected chi connectivity index (χ4v) is 5.96. The number of aliphatic hydroxyl groups is 6. The zero-order valence-corrected chi connectivity index (χ0v) is 23.8. The molecule has 0 saturated carbocycles. The Morgan fingerprint density at radius 3 is 1.82 bits per heavy atom. The number of fused-ring (bicyclic) bond motifs is 4. The quantitative estimate of drug-likeness (QED) is 0.162. The number of phenolic OH excluding ortho intramolecular Hbond substituents is 1. The Hall–Kier alpha value is -3.66. The third kappa shape index (κ3) is 4.73. The molecule has 6 rings (SSSR count). The third-order valence-electron chi connectivity index (χ3n) is 8.38. The number of carbonyl (C=O) groups is 2. The highest BCUT2D eigenvalue weighted by Crippen LogP contribution is 2.45. The van der Waals surface area contributed by atoms with Crippen molar-refractivity contribution in [2.24, 2.45) is 0 Å². The average Bonchev–Trinajstić information content (AvgIpc) is 2.98. The van der Waals surface area contributed by atoms with Crippen molar-refractivity contribution < 1.29 is 64.3 Å². The Morgan fingerprint density at radius 2 is 1.23 bits per heavy atom. The Kier molecular flexibility index (Phi) is 7.63. The van der Waals surface area contributed by atoms with Crippen LogP contribution in [0.3, 0.4) is 0 Å². The summed E-state index contributed by atoms with van der Waals surface area (Å²) in [6.45, 7) is 4.67. The molecular formula is C31H32O13. The van der Waals surface area contributed by atoms with Crippen LogP contribution in [0.25, 0.3) is 10.8 Å². The van der Waals surface area contributed by atoms with E-state index in [9.17, 15) is 45.3 Å². The lowest BCUT2D eigenvalue weighted by molar-refractivity contribution is -0.268. The van der Waals surface area contributed by atoms with Crippen LogP contribution < -0.4 is 9.47 Å². The Labute approximate surface area is 250 Å². The summed E-state index contributed by atoms with van der Waals surface area (Å²) in [5.41, 5.74) is -0.202. The maximum Gasteiger partial charge on any atom is 0.229 e. The monoisotopic (exact) mass is 612 g/mol. The summed E-state index contributed by atoms with van der Waals surface area (Å²) in [5, 5.41) is 73.2. The highest BCUT2D eigenvalue weighted by molar-refractivity contribution is 6.34. The van der Waals surface area contributed by atoms with Gasteiger partial charge in [0, 0.05) is 16.5 Å². The van der Waals surface area contributed by atoms with Crippen molar-refractivity contribution in [2.45, 2.75) is 82.2 Å². The summed E-state index contributed by atoms with van der Waals surface area (Å²) in [6.07, 6.45) is -14.3. The molecule has 0 bridgehead atoms. The number of aryl methyl sites for hydroxylation is 1. The van der Waals surface area contributed by atoms with Crippen molar-refractivity contribution in [2.75, 3.05) is 0 Å². The van der Waals surface area contributed by atoms with Gasteiger partial charge in [0.15, 0.2) is 5.78 Å². The van der Waals surface area contributed by atoms with E-state index in [1.54, 1.807) is 19.1 Å². The molecule has 2 aliphatic heterocycles. The molecule has 13 nitrogen and oxygen atoms in total. The maximum atomic E-state index is 14.1. The number of carbonyl (C=O) groups excluding carboxylic acids is 2. The first kappa shape index (κ1) is 30.4. The van der Waals surface area contributed by atoms with E-state index in [0.717, 1.165) is 0 Å². The van der Waals surface area contributed by atoms with Crippen LogP contribution in [0, 0.1) is 6.92 Å². The molecule has 10 atom stereocenters. The summed E-state index contributed by atoms with van der Waals surface area (Å²) in [5.74, 6) is -2.10. The van der Waals surface area contributed by atoms with E-state index in [1.165, 1.54) is 38.1 Å². The smallest absolute Gasteiger partial charge is 0.229 e. The van der Waals surface area contributed by atoms with Crippen molar-refractivity contribution in [1.29, 1.82) is 0 Å². The molecule has 3 aromatic carbocycles. The van der Waals surface area contributed by atoms with Gasteiger partial charge in [-0.1, -0.05) is 18.2 Å². The van der Waals surface area contributed by atoms with Gasteiger partial charge in [-0.25, -0.2) is 0 Å². The first-order valence-electron chi connectivity index (χ1n) is 14.1. The van der Waals surface area contributed by atoms with Crippen LogP contribution in [0.1, 0.15) is 51.3 Å². The molecule has 2 fully saturated rings. The van der Waals surface area contributed by atoms with Gasteiger partial charge in [0.2, 0.25) is 18.4 Å². The molecule has 0 spiro atoms. The zero-order chi connectivity index (χ0) is 31.8. The molecule has 0 unspecified atom stereocenters. The number of hydrogen-bond acceptors (Lipinski definition) is 13. The number of phenols is 1. The van der Waals surface area contributed by atoms with Crippen LogP contribution in [0.5, 0.6) is 17.2 Å². The van der Waals surface area contributed by atoms with Crippen LogP contribution >= 0.6 is 0 Å². The van der Waals surface area contributed by atoms with Crippen LogP contribution in [-0.2, 0) is 9.47 Å². The molecule has 2 heterocycles. The van der Waals surface area contributed by atoms with Crippen LogP contribution in [0.15, 0.2) is 36.4 Å². The first-order valence-corrected chi connectivity index (χ1v) is 14.1. The van der Waals surface area contributed by atoms with Crippen LogP contribution in [0.2, 0.25) is 0 Å². The maximum absolute atomic E-state index is 14.1. The fourth-order valence-electron chi connectivity index (χ4n) is 5.96. The molecule has 0 aromatic heterocycles. The SMILES string of the molecule is Cc1cc(O[C@@H]2O[C@@H](C)[C@@H](O)[C@@H](O)[C@H]2O)c2c3c(c(O[C@@H]4O[C@@H](C)[C@@H](O)[C@@H](O)[C@H]4O)cc2c1)C(=O)c1c(O)cccc1C3=O. The number of aromatic hydroxyl groups is 1. The predicted octanol–water partition coefficient (Wildman–Crippen LogP) is 0.0418. The Bertz CT molecular complexity index is 1650. The second kappa shape index (κ2) is 11.1. The van der Waals surface area contributed by atoms with E-state index in [1.807, 2.05) is 0 Å². The summed E-state index contributed by atoms with van der Waals surface area (Å²) in [7, 11) is 0. The Morgan fingerprint density at radius 1 is 0.659 bits per heavy atom. The van der Waals surface area contributed by atoms with Gasteiger partial charge < -0.3 is 54.7 Å². The molecule has 13 heteroatoms. The van der Waals surface area contributed by atoms with Crippen LogP contribution in [0.4, 0.5) is 0 Å². The van der Waals surface area contributed by atoms with Crippen molar-refractivity contribution >= 4 is 22.3 Å². The molecule has 3 aliphatic rings. The van der Waals surface area contributed by atoms with Crippen LogP contribution in [-0.4, -0.2) is 109 Å². The molecule has 7 N–H and O–H groups in total. The molecule has 2 saturated heterocycles. The summed E-state index contributed by atoms with van der Waals surface area (Å²) in [6, 6.07) is 8.67. The molecule has 234 valence electrons. The lowest BCUT2D eigenvalue weighted by atomic mass is 9.80. The fraction of sp³-hybridized carbons (Fsp3) is 0.419. The molecule has 0 amide bonds. The van der Waals surface area contributed by atoms with Gasteiger partial charge in [0.05, 0.1) is 23.3 Å². The molecule has 44 heavy (non-hydrogen) atoms. The standard InChI is InChI=1S/C31H32O13/c1-10-7-13-9-17(44-31-29(40)27(38)23(34)12(3)42-31)20-21(24(35)14-5-4-6-15(32)19(14)25(20)36)18(13)16(8-10)43-30-28(39)26(37)22(33)11(2)41-30/h4-9,11-12,22-23,26-34,37-40H,1-3H3/t11-,12-,22+,23+,26+,27+,28+,29+,30-,31-/m0/s1. The topological polar surface area (TPSA) is 213 Å². The number of aliphatic hydroxyl groups excluding tert-OH is 6. The van der Waals surface area contributed by atoms with Crippen molar-refractivity contribution in [1.82, 2.24) is 0 Å². The minimum Gasteiger partial charge on any atom is -0.507 e. The minimum atomic E-state index is -1.73. The average molecular weight is 613 g/mol. The zero-order valence-electron chi connectivity index (χ0n) is 23.8. The van der Waals surface area contributed by atoms with Gasteiger partial charge in [-0.05, 0) is 49.9 Å². The summed E-state index contributed by atoms with van der Waals surface area (Å²) >= 11 is 0. The van der Waals surface area contributed by atoms with E-state index >= 15 is 0 Å². The number of ether oxygens (including phenoxy) is 4. The number of ketones is 2. The first-order chi connectivity index (χ1) is 20.8. The second-order valence-corrected chi connectivity index (χ2v) is 11.4. The largest absolute Gasteiger partial charge is 0.507 e. The molecule has 0 radical (unpaired) electrons. The van der Waals surface area contributed by atoms with Gasteiger partial charge in [-0.2, -0.15) is 0 Å². The predicted molar refractivity (Wildman–Crippen MR) is 150 cm³/mol. The second-order valence-electron chi connectivity index (χ2n) is 11.4.